The highest BCUT2D eigenvalue weighted by atomic mass is 32.2. The first-order valence-corrected chi connectivity index (χ1v) is 8.13. The van der Waals surface area contributed by atoms with Crippen LogP contribution in [0.2, 0.25) is 0 Å². The molecule has 0 N–H and O–H groups in total. The number of aliphatic imine (C=N–C) groups is 1. The molecule has 0 saturated heterocycles. The number of carbonyl (C=O) groups is 1. The topological polar surface area (TPSA) is 38.7 Å². The Kier molecular flexibility index (Phi) is 5.90. The van der Waals surface area contributed by atoms with Crippen molar-refractivity contribution in [2.45, 2.75) is 0 Å². The van der Waals surface area contributed by atoms with Crippen molar-refractivity contribution in [2.75, 3.05) is 12.4 Å². The first kappa shape index (κ1) is 15.7. The molecule has 1 heterocycles. The normalized spacial score (nSPS) is 15.9. The lowest BCUT2D eigenvalue weighted by Crippen LogP contribution is -1.92. The predicted molar refractivity (Wildman–Crippen MR) is 92.8 cm³/mol. The molecule has 108 valence electrons. The van der Waals surface area contributed by atoms with Gasteiger partial charge in [0.1, 0.15) is 22.4 Å². The van der Waals surface area contributed by atoms with Crippen molar-refractivity contribution in [1.29, 1.82) is 0 Å². The number of nitrogens with zero attached hydrogens (tertiary/aromatic N) is 1. The van der Waals surface area contributed by atoms with Crippen LogP contribution in [0.15, 0.2) is 60.3 Å². The van der Waals surface area contributed by atoms with E-state index in [0.29, 0.717) is 12.3 Å². The van der Waals surface area contributed by atoms with Crippen LogP contribution in [-0.4, -0.2) is 21.9 Å². The van der Waals surface area contributed by atoms with Crippen LogP contribution in [0, 0.1) is 0 Å². The Labute approximate surface area is 132 Å². The third-order valence-corrected chi connectivity index (χ3v) is 4.48. The summed E-state index contributed by atoms with van der Waals surface area (Å²) >= 11 is 2.69. The van der Waals surface area contributed by atoms with E-state index in [1.165, 1.54) is 23.5 Å². The maximum atomic E-state index is 11.9. The lowest BCUT2D eigenvalue weighted by molar-refractivity contribution is -0.107. The van der Waals surface area contributed by atoms with E-state index in [4.69, 9.17) is 4.74 Å². The summed E-state index contributed by atoms with van der Waals surface area (Å²) in [5.41, 5.74) is 1.40. The first-order chi connectivity index (χ1) is 10.2. The lowest BCUT2D eigenvalue weighted by atomic mass is 10.2. The minimum Gasteiger partial charge on any atom is -0.490 e. The Morgan fingerprint density at radius 2 is 2.00 bits per heavy atom. The van der Waals surface area contributed by atoms with E-state index in [2.05, 4.69) is 18.2 Å². The van der Waals surface area contributed by atoms with Gasteiger partial charge in [0, 0.05) is 5.75 Å². The highest BCUT2D eigenvalue weighted by Gasteiger charge is 2.21. The molecule has 5 heteroatoms. The number of rotatable bonds is 6. The summed E-state index contributed by atoms with van der Waals surface area (Å²) in [4.78, 5) is 16.2. The van der Waals surface area contributed by atoms with Gasteiger partial charge in [-0.05, 0) is 35.5 Å². The van der Waals surface area contributed by atoms with E-state index in [9.17, 15) is 4.79 Å². The second kappa shape index (κ2) is 7.90. The van der Waals surface area contributed by atoms with Crippen molar-refractivity contribution >= 4 is 39.1 Å². The molecule has 0 bridgehead atoms. The smallest absolute Gasteiger partial charge is 0.244 e. The van der Waals surface area contributed by atoms with Gasteiger partial charge in [-0.15, -0.1) is 6.58 Å². The van der Waals surface area contributed by atoms with Gasteiger partial charge in [0.15, 0.2) is 0 Å². The Hall–Kier alpha value is -1.72. The van der Waals surface area contributed by atoms with Gasteiger partial charge in [-0.1, -0.05) is 42.6 Å². The summed E-state index contributed by atoms with van der Waals surface area (Å²) in [5.74, 6) is 1.52. The van der Waals surface area contributed by atoms with Gasteiger partial charge in [0.2, 0.25) is 5.12 Å². The Bertz CT molecular complexity index is 603. The molecule has 1 aliphatic heterocycles. The number of hydrogen-bond acceptors (Lipinski definition) is 5. The number of thioether (sulfide) groups is 2. The summed E-state index contributed by atoms with van der Waals surface area (Å²) < 4.78 is 6.19. The minimum absolute atomic E-state index is 0.0199. The molecule has 0 radical (unpaired) electrons. The molecule has 0 saturated carbocycles. The first-order valence-electron chi connectivity index (χ1n) is 6.33. The summed E-state index contributed by atoms with van der Waals surface area (Å²) in [7, 11) is 0. The fraction of sp³-hybridized carbons (Fsp3) is 0.125. The quantitative estimate of drug-likeness (QED) is 0.584. The molecule has 1 aromatic carbocycles. The van der Waals surface area contributed by atoms with Crippen LogP contribution < -0.4 is 4.74 Å². The van der Waals surface area contributed by atoms with E-state index >= 15 is 0 Å². The number of carbonyl (C=O) groups excluding carboxylic acids is 1. The van der Waals surface area contributed by atoms with Crippen molar-refractivity contribution in [2.24, 2.45) is 4.99 Å². The van der Waals surface area contributed by atoms with Crippen LogP contribution in [0.5, 0.6) is 5.75 Å². The van der Waals surface area contributed by atoms with Crippen LogP contribution in [-0.2, 0) is 4.79 Å². The molecule has 21 heavy (non-hydrogen) atoms. The largest absolute Gasteiger partial charge is 0.490 e. The fourth-order valence-corrected chi connectivity index (χ4v) is 3.16. The molecule has 2 rings (SSSR count). The average molecular weight is 317 g/mol. The van der Waals surface area contributed by atoms with Crippen LogP contribution in [0.1, 0.15) is 5.56 Å². The van der Waals surface area contributed by atoms with E-state index in [-0.39, 0.29) is 5.12 Å². The van der Waals surface area contributed by atoms with Gasteiger partial charge in [-0.25, -0.2) is 4.99 Å². The zero-order valence-electron chi connectivity index (χ0n) is 11.5. The van der Waals surface area contributed by atoms with Gasteiger partial charge in [0.25, 0.3) is 0 Å². The SMILES string of the molecule is C=CCOc1ccc(C=C2N=C(SCC=C)SC2=O)cc1. The zero-order valence-corrected chi connectivity index (χ0v) is 13.1. The summed E-state index contributed by atoms with van der Waals surface area (Å²) in [6.07, 6.45) is 5.28. The molecule has 0 aliphatic carbocycles. The molecule has 3 nitrogen and oxygen atoms in total. The van der Waals surface area contributed by atoms with E-state index in [1.54, 1.807) is 18.2 Å². The summed E-state index contributed by atoms with van der Waals surface area (Å²) in [6.45, 7) is 7.73. The van der Waals surface area contributed by atoms with E-state index < -0.39 is 0 Å². The Morgan fingerprint density at radius 1 is 1.24 bits per heavy atom. The van der Waals surface area contributed by atoms with Crippen LogP contribution >= 0.6 is 23.5 Å². The molecular weight excluding hydrogens is 302 g/mol. The zero-order chi connectivity index (χ0) is 15.1. The standard InChI is InChI=1S/C16H15NO2S2/c1-3-9-19-13-7-5-12(6-8-13)11-14-15(18)21-16(17-14)20-10-4-2/h3-8,11H,1-2,9-10H2. The second-order valence-electron chi connectivity index (χ2n) is 4.07. The molecule has 0 atom stereocenters. The summed E-state index contributed by atoms with van der Waals surface area (Å²) in [5, 5.41) is -0.0199. The Balaban J connectivity index is 2.08. The maximum absolute atomic E-state index is 11.9. The van der Waals surface area contributed by atoms with Gasteiger partial charge in [0.05, 0.1) is 0 Å². The lowest BCUT2D eigenvalue weighted by Gasteiger charge is -2.02. The van der Waals surface area contributed by atoms with Gasteiger partial charge in [-0.3, -0.25) is 4.79 Å². The van der Waals surface area contributed by atoms with Gasteiger partial charge < -0.3 is 4.74 Å². The van der Waals surface area contributed by atoms with Crippen LogP contribution in [0.3, 0.4) is 0 Å². The molecule has 1 aliphatic rings. The number of hydrogen-bond donors (Lipinski definition) is 0. The maximum Gasteiger partial charge on any atom is 0.244 e. The monoisotopic (exact) mass is 317 g/mol. The van der Waals surface area contributed by atoms with Gasteiger partial charge in [-0.2, -0.15) is 0 Å². The van der Waals surface area contributed by atoms with Crippen LogP contribution in [0.4, 0.5) is 0 Å². The minimum atomic E-state index is -0.0199. The van der Waals surface area contributed by atoms with Crippen molar-refractivity contribution in [3.05, 3.63) is 60.8 Å². The van der Waals surface area contributed by atoms with E-state index in [1.807, 2.05) is 24.3 Å². The number of ether oxygens (including phenoxy) is 1. The molecule has 0 fully saturated rings. The van der Waals surface area contributed by atoms with Gasteiger partial charge >= 0.3 is 0 Å². The fourth-order valence-electron chi connectivity index (χ4n) is 1.55. The molecule has 0 amide bonds. The van der Waals surface area contributed by atoms with Crippen molar-refractivity contribution < 1.29 is 9.53 Å². The molecule has 1 aromatic rings. The molecule has 0 unspecified atom stereocenters. The van der Waals surface area contributed by atoms with Crippen molar-refractivity contribution in [3.8, 4) is 5.75 Å². The van der Waals surface area contributed by atoms with Crippen LogP contribution in [0.25, 0.3) is 6.08 Å². The van der Waals surface area contributed by atoms with E-state index in [0.717, 1.165) is 21.4 Å². The highest BCUT2D eigenvalue weighted by Crippen LogP contribution is 2.31. The molecular formula is C16H15NO2S2. The Morgan fingerprint density at radius 3 is 2.67 bits per heavy atom. The molecule has 0 aromatic heterocycles. The second-order valence-corrected chi connectivity index (χ2v) is 6.29. The third kappa shape index (κ3) is 4.65. The number of benzene rings is 1. The highest BCUT2D eigenvalue weighted by molar-refractivity contribution is 8.45. The average Bonchev–Trinajstić information content (AvgIpc) is 2.84. The predicted octanol–water partition coefficient (Wildman–Crippen LogP) is 4.14. The third-order valence-electron chi connectivity index (χ3n) is 2.48. The van der Waals surface area contributed by atoms with Crippen molar-refractivity contribution in [3.63, 3.8) is 0 Å². The summed E-state index contributed by atoms with van der Waals surface area (Å²) in [6, 6.07) is 7.51. The molecule has 0 spiro atoms. The van der Waals surface area contributed by atoms with Crippen molar-refractivity contribution in [1.82, 2.24) is 0 Å².